The van der Waals surface area contributed by atoms with Crippen molar-refractivity contribution in [1.29, 1.82) is 0 Å². The quantitative estimate of drug-likeness (QED) is 0.284. The average Bonchev–Trinajstić information content (AvgIpc) is 2.46. The molecule has 1 atom stereocenters. The third kappa shape index (κ3) is 9.40. The molecule has 0 saturated carbocycles. The van der Waals surface area contributed by atoms with E-state index in [1.165, 1.54) is 5.56 Å². The fourth-order valence-electron chi connectivity index (χ4n) is 1.85. The van der Waals surface area contributed by atoms with Gasteiger partial charge in [-0.05, 0) is 50.0 Å². The molecule has 1 aromatic carbocycles. The minimum atomic E-state index is 0. The van der Waals surface area contributed by atoms with Crippen LogP contribution in [-0.2, 0) is 0 Å². The van der Waals surface area contributed by atoms with E-state index >= 15 is 0 Å². The number of aliphatic imine (C=N–C) groups is 1. The normalized spacial score (nSPS) is 12.3. The second-order valence-corrected chi connectivity index (χ2v) is 5.96. The fourth-order valence-corrected chi connectivity index (χ4v) is 2.28. The van der Waals surface area contributed by atoms with Gasteiger partial charge < -0.3 is 15.4 Å². The molecule has 1 rings (SSSR count). The van der Waals surface area contributed by atoms with Crippen LogP contribution in [0.2, 0.25) is 0 Å². The highest BCUT2D eigenvalue weighted by molar-refractivity contribution is 14.0. The number of halogens is 1. The summed E-state index contributed by atoms with van der Waals surface area (Å²) in [4.78, 5) is 4.21. The molecule has 22 heavy (non-hydrogen) atoms. The first-order valence-corrected chi connectivity index (χ1v) is 8.72. The van der Waals surface area contributed by atoms with E-state index in [4.69, 9.17) is 4.74 Å². The first-order valence-electron chi connectivity index (χ1n) is 7.32. The number of hydrogen-bond acceptors (Lipinski definition) is 3. The highest BCUT2D eigenvalue weighted by Crippen LogP contribution is 2.13. The molecule has 1 unspecified atom stereocenters. The van der Waals surface area contributed by atoms with Crippen LogP contribution in [-0.4, -0.2) is 44.2 Å². The second kappa shape index (κ2) is 12.9. The molecule has 0 heterocycles. The minimum Gasteiger partial charge on any atom is -0.489 e. The molecule has 0 amide bonds. The molecule has 0 fully saturated rings. The van der Waals surface area contributed by atoms with Crippen LogP contribution >= 0.6 is 35.7 Å². The van der Waals surface area contributed by atoms with Crippen LogP contribution < -0.4 is 15.4 Å². The Labute approximate surface area is 155 Å². The molecule has 4 nitrogen and oxygen atoms in total. The topological polar surface area (TPSA) is 45.7 Å². The molecule has 6 heteroatoms. The van der Waals surface area contributed by atoms with Crippen molar-refractivity contribution >= 4 is 41.7 Å². The monoisotopic (exact) mass is 437 g/mol. The Morgan fingerprint density at radius 1 is 1.36 bits per heavy atom. The van der Waals surface area contributed by atoms with Crippen LogP contribution in [0.4, 0.5) is 0 Å². The Kier molecular flexibility index (Phi) is 12.5. The van der Waals surface area contributed by atoms with Crippen molar-refractivity contribution in [3.63, 3.8) is 0 Å². The molecular weight excluding hydrogens is 409 g/mol. The lowest BCUT2D eigenvalue weighted by atomic mass is 10.2. The van der Waals surface area contributed by atoms with Crippen molar-refractivity contribution in [3.8, 4) is 5.75 Å². The highest BCUT2D eigenvalue weighted by atomic mass is 127. The third-order valence-corrected chi connectivity index (χ3v) is 3.62. The van der Waals surface area contributed by atoms with E-state index in [-0.39, 0.29) is 30.1 Å². The van der Waals surface area contributed by atoms with Crippen molar-refractivity contribution in [2.24, 2.45) is 4.99 Å². The molecule has 126 valence electrons. The van der Waals surface area contributed by atoms with E-state index < -0.39 is 0 Å². The van der Waals surface area contributed by atoms with Gasteiger partial charge in [-0.1, -0.05) is 12.1 Å². The fraction of sp³-hybridized carbons (Fsp3) is 0.562. The summed E-state index contributed by atoms with van der Waals surface area (Å²) in [5, 5.41) is 6.59. The zero-order valence-electron chi connectivity index (χ0n) is 13.9. The summed E-state index contributed by atoms with van der Waals surface area (Å²) in [6.07, 6.45) is 3.34. The third-order valence-electron chi connectivity index (χ3n) is 2.93. The zero-order chi connectivity index (χ0) is 15.5. The van der Waals surface area contributed by atoms with Gasteiger partial charge in [-0.3, -0.25) is 4.99 Å². The van der Waals surface area contributed by atoms with Gasteiger partial charge in [0.2, 0.25) is 0 Å². The summed E-state index contributed by atoms with van der Waals surface area (Å²) in [5.74, 6) is 2.90. The number of hydrogen-bond donors (Lipinski definition) is 2. The van der Waals surface area contributed by atoms with E-state index in [0.29, 0.717) is 0 Å². The van der Waals surface area contributed by atoms with Crippen molar-refractivity contribution < 1.29 is 4.74 Å². The van der Waals surface area contributed by atoms with Crippen LogP contribution in [0.1, 0.15) is 18.9 Å². The molecular formula is C16H28IN3OS. The van der Waals surface area contributed by atoms with Gasteiger partial charge in [-0.25, -0.2) is 0 Å². The maximum absolute atomic E-state index is 5.88. The molecule has 0 aliphatic rings. The number of nitrogens with zero attached hydrogens (tertiary/aromatic N) is 1. The van der Waals surface area contributed by atoms with E-state index in [9.17, 15) is 0 Å². The van der Waals surface area contributed by atoms with Crippen LogP contribution in [0.5, 0.6) is 5.75 Å². The van der Waals surface area contributed by atoms with Gasteiger partial charge in [-0.2, -0.15) is 11.8 Å². The maximum atomic E-state index is 5.88. The van der Waals surface area contributed by atoms with Gasteiger partial charge in [0.25, 0.3) is 0 Å². The minimum absolute atomic E-state index is 0. The molecule has 0 bridgehead atoms. The van der Waals surface area contributed by atoms with Gasteiger partial charge >= 0.3 is 0 Å². The summed E-state index contributed by atoms with van der Waals surface area (Å²) in [6.45, 7) is 5.77. The molecule has 0 saturated heterocycles. The predicted molar refractivity (Wildman–Crippen MR) is 109 cm³/mol. The van der Waals surface area contributed by atoms with Crippen LogP contribution in [0, 0.1) is 6.92 Å². The van der Waals surface area contributed by atoms with Crippen LogP contribution in [0.3, 0.4) is 0 Å². The number of rotatable bonds is 8. The van der Waals surface area contributed by atoms with Gasteiger partial charge in [0.05, 0.1) is 6.54 Å². The number of guanidine groups is 1. The summed E-state index contributed by atoms with van der Waals surface area (Å²) < 4.78 is 5.88. The zero-order valence-corrected chi connectivity index (χ0v) is 17.0. The molecule has 0 aliphatic heterocycles. The molecule has 0 radical (unpaired) electrons. The van der Waals surface area contributed by atoms with Gasteiger partial charge in [0.15, 0.2) is 5.96 Å². The van der Waals surface area contributed by atoms with Crippen molar-refractivity contribution in [2.45, 2.75) is 26.4 Å². The Morgan fingerprint density at radius 2 is 2.14 bits per heavy atom. The Morgan fingerprint density at radius 3 is 2.77 bits per heavy atom. The van der Waals surface area contributed by atoms with E-state index in [1.54, 1.807) is 7.05 Å². The number of thioether (sulfide) groups is 1. The van der Waals surface area contributed by atoms with Crippen molar-refractivity contribution in [3.05, 3.63) is 29.8 Å². The van der Waals surface area contributed by atoms with E-state index in [0.717, 1.165) is 37.0 Å². The average molecular weight is 437 g/mol. The van der Waals surface area contributed by atoms with Gasteiger partial charge in [0, 0.05) is 13.6 Å². The summed E-state index contributed by atoms with van der Waals surface area (Å²) in [6, 6.07) is 8.11. The number of nitrogens with one attached hydrogen (secondary N) is 2. The smallest absolute Gasteiger partial charge is 0.191 e. The Bertz CT molecular complexity index is 443. The highest BCUT2D eigenvalue weighted by Gasteiger charge is 2.05. The van der Waals surface area contributed by atoms with E-state index in [2.05, 4.69) is 41.8 Å². The van der Waals surface area contributed by atoms with Crippen LogP contribution in [0.25, 0.3) is 0 Å². The molecule has 0 aliphatic carbocycles. The summed E-state index contributed by atoms with van der Waals surface area (Å²) >= 11 is 1.86. The van der Waals surface area contributed by atoms with E-state index in [1.807, 2.05) is 30.0 Å². The predicted octanol–water partition coefficient (Wildman–Crippen LogP) is 3.30. The van der Waals surface area contributed by atoms with Crippen molar-refractivity contribution in [1.82, 2.24) is 10.6 Å². The molecule has 1 aromatic rings. The number of aryl methyl sites for hydroxylation is 1. The standard InChI is InChI=1S/C16H27N3OS.HI/c1-13-7-5-8-15(11-13)20-14(2)12-19-16(17-3)18-9-6-10-21-4;/h5,7-8,11,14H,6,9-10,12H2,1-4H3,(H2,17,18,19);1H. The van der Waals surface area contributed by atoms with Gasteiger partial charge in [0.1, 0.15) is 11.9 Å². The number of benzene rings is 1. The summed E-state index contributed by atoms with van der Waals surface area (Å²) in [7, 11) is 1.79. The lowest BCUT2D eigenvalue weighted by Crippen LogP contribution is -2.42. The largest absolute Gasteiger partial charge is 0.489 e. The maximum Gasteiger partial charge on any atom is 0.191 e. The first kappa shape index (κ1) is 21.4. The SMILES string of the molecule is CN=C(NCCCSC)NCC(C)Oc1cccc(C)c1.I. The van der Waals surface area contributed by atoms with Crippen molar-refractivity contribution in [2.75, 3.05) is 32.1 Å². The molecule has 2 N–H and O–H groups in total. The Hall–Kier alpha value is -0.630. The lowest BCUT2D eigenvalue weighted by molar-refractivity contribution is 0.223. The molecule has 0 spiro atoms. The lowest BCUT2D eigenvalue weighted by Gasteiger charge is -2.18. The second-order valence-electron chi connectivity index (χ2n) is 4.97. The van der Waals surface area contributed by atoms with Crippen LogP contribution in [0.15, 0.2) is 29.3 Å². The summed E-state index contributed by atoms with van der Waals surface area (Å²) in [5.41, 5.74) is 1.21. The molecule has 0 aromatic heterocycles. The van der Waals surface area contributed by atoms with Gasteiger partial charge in [-0.15, -0.1) is 24.0 Å². The number of ether oxygens (including phenoxy) is 1. The Balaban J connectivity index is 0.00000441. The first-order chi connectivity index (χ1) is 10.2.